The Labute approximate surface area is 146 Å². The number of hydrogen-bond donors (Lipinski definition) is 0. The smallest absolute Gasteiger partial charge is 0.227 e. The summed E-state index contributed by atoms with van der Waals surface area (Å²) in [6, 6.07) is 2.07. The van der Waals surface area contributed by atoms with Crippen molar-refractivity contribution < 1.29 is 4.79 Å². The van der Waals surface area contributed by atoms with E-state index < -0.39 is 0 Å². The number of carbonyl (C=O) groups is 1. The van der Waals surface area contributed by atoms with Gasteiger partial charge >= 0.3 is 0 Å². The number of thioether (sulfide) groups is 1. The van der Waals surface area contributed by atoms with E-state index in [1.807, 2.05) is 29.6 Å². The first-order valence-electron chi connectivity index (χ1n) is 8.61. The molecule has 0 saturated carbocycles. The number of nitrogens with zero attached hydrogens (tertiary/aromatic N) is 5. The van der Waals surface area contributed by atoms with E-state index in [1.165, 1.54) is 0 Å². The molecule has 0 aromatic carbocycles. The van der Waals surface area contributed by atoms with E-state index in [4.69, 9.17) is 0 Å². The monoisotopic (exact) mass is 345 g/mol. The molecule has 2 aliphatic rings. The van der Waals surface area contributed by atoms with Crippen LogP contribution in [0.3, 0.4) is 0 Å². The third-order valence-electron chi connectivity index (χ3n) is 5.03. The van der Waals surface area contributed by atoms with Gasteiger partial charge in [-0.15, -0.1) is 0 Å². The topological polar surface area (TPSA) is 54.3 Å². The molecule has 2 aromatic rings. The highest BCUT2D eigenvalue weighted by Crippen LogP contribution is 2.28. The number of anilines is 1. The van der Waals surface area contributed by atoms with Crippen molar-refractivity contribution in [3.63, 3.8) is 0 Å². The van der Waals surface area contributed by atoms with Crippen molar-refractivity contribution in [2.24, 2.45) is 13.0 Å². The van der Waals surface area contributed by atoms with Gasteiger partial charge in [0.15, 0.2) is 0 Å². The minimum atomic E-state index is 0.0931. The normalized spacial score (nSPS) is 22.1. The van der Waals surface area contributed by atoms with E-state index in [2.05, 4.69) is 25.8 Å². The molecule has 6 nitrogen and oxygen atoms in total. The van der Waals surface area contributed by atoms with Crippen LogP contribution in [0.5, 0.6) is 0 Å². The number of carbonyl (C=O) groups excluding carboxylic acids is 1. The summed E-state index contributed by atoms with van der Waals surface area (Å²) in [7, 11) is 2.00. The first kappa shape index (κ1) is 15.7. The summed E-state index contributed by atoms with van der Waals surface area (Å²) in [6.45, 7) is 3.52. The van der Waals surface area contributed by atoms with Crippen LogP contribution in [0.25, 0.3) is 11.0 Å². The molecule has 2 fully saturated rings. The van der Waals surface area contributed by atoms with Gasteiger partial charge in [0.1, 0.15) is 17.8 Å². The Balaban J connectivity index is 1.54. The zero-order valence-electron chi connectivity index (χ0n) is 14.0. The summed E-state index contributed by atoms with van der Waals surface area (Å²) in [6.07, 6.45) is 5.67. The van der Waals surface area contributed by atoms with Crippen molar-refractivity contribution in [1.29, 1.82) is 0 Å². The highest BCUT2D eigenvalue weighted by Gasteiger charge is 2.31. The molecule has 2 aromatic heterocycles. The van der Waals surface area contributed by atoms with E-state index in [-0.39, 0.29) is 5.92 Å². The molecule has 1 amide bonds. The number of fused-ring (bicyclic) bond motifs is 1. The second-order valence-corrected chi connectivity index (χ2v) is 7.81. The SMILES string of the molecule is Cn1ccc2c(N3CCCC(C(=O)N4CCSCC4)C3)ncnc21. The van der Waals surface area contributed by atoms with Crippen molar-refractivity contribution in [2.45, 2.75) is 12.8 Å². The lowest BCUT2D eigenvalue weighted by molar-refractivity contribution is -0.135. The lowest BCUT2D eigenvalue weighted by Gasteiger charge is -2.36. The average Bonchev–Trinajstić information content (AvgIpc) is 3.03. The van der Waals surface area contributed by atoms with Gasteiger partial charge in [-0.3, -0.25) is 4.79 Å². The van der Waals surface area contributed by atoms with Gasteiger partial charge in [-0.2, -0.15) is 11.8 Å². The Bertz CT molecular complexity index is 740. The van der Waals surface area contributed by atoms with Crippen molar-refractivity contribution >= 4 is 34.5 Å². The molecule has 4 heterocycles. The standard InChI is InChI=1S/C17H23N5OS/c1-20-6-4-14-15(20)18-12-19-16(14)22-5-2-3-13(11-22)17(23)21-7-9-24-10-8-21/h4,6,12-13H,2-3,5,7-11H2,1H3. The number of amides is 1. The summed E-state index contributed by atoms with van der Waals surface area (Å²) in [5.41, 5.74) is 0.946. The Hall–Kier alpha value is -1.76. The molecule has 2 aliphatic heterocycles. The third kappa shape index (κ3) is 2.85. The fourth-order valence-corrected chi connectivity index (χ4v) is 4.63. The molecule has 7 heteroatoms. The summed E-state index contributed by atoms with van der Waals surface area (Å²) in [5.74, 6) is 3.53. The van der Waals surface area contributed by atoms with Crippen molar-refractivity contribution in [3.05, 3.63) is 18.6 Å². The molecule has 128 valence electrons. The van der Waals surface area contributed by atoms with Gasteiger partial charge in [0.05, 0.1) is 11.3 Å². The predicted octanol–water partition coefficient (Wildman–Crippen LogP) is 1.76. The van der Waals surface area contributed by atoms with Crippen molar-refractivity contribution in [3.8, 4) is 0 Å². The Kier molecular flexibility index (Phi) is 4.35. The van der Waals surface area contributed by atoms with E-state index in [9.17, 15) is 4.79 Å². The minimum absolute atomic E-state index is 0.0931. The van der Waals surface area contributed by atoms with Gasteiger partial charge < -0.3 is 14.4 Å². The van der Waals surface area contributed by atoms with Gasteiger partial charge in [-0.05, 0) is 18.9 Å². The van der Waals surface area contributed by atoms with Crippen LogP contribution in [0.15, 0.2) is 18.6 Å². The molecule has 0 aliphatic carbocycles. The zero-order valence-corrected chi connectivity index (χ0v) is 14.8. The minimum Gasteiger partial charge on any atom is -0.355 e. The maximum Gasteiger partial charge on any atom is 0.227 e. The maximum atomic E-state index is 12.9. The highest BCUT2D eigenvalue weighted by molar-refractivity contribution is 7.99. The van der Waals surface area contributed by atoms with E-state index in [0.717, 1.165) is 67.4 Å². The number of aromatic nitrogens is 3. The molecule has 4 rings (SSSR count). The van der Waals surface area contributed by atoms with Gasteiger partial charge in [0, 0.05) is 50.9 Å². The summed E-state index contributed by atoms with van der Waals surface area (Å²) in [5, 5.41) is 1.07. The van der Waals surface area contributed by atoms with Crippen LogP contribution in [0.4, 0.5) is 5.82 Å². The molecule has 0 spiro atoms. The second-order valence-electron chi connectivity index (χ2n) is 6.58. The predicted molar refractivity (Wildman–Crippen MR) is 97.4 cm³/mol. The van der Waals surface area contributed by atoms with E-state index in [0.29, 0.717) is 5.91 Å². The second kappa shape index (κ2) is 6.63. The number of aryl methyl sites for hydroxylation is 1. The summed E-state index contributed by atoms with van der Waals surface area (Å²) >= 11 is 1.94. The molecular weight excluding hydrogens is 322 g/mol. The van der Waals surface area contributed by atoms with Crippen LogP contribution >= 0.6 is 11.8 Å². The Morgan fingerprint density at radius 3 is 2.92 bits per heavy atom. The largest absolute Gasteiger partial charge is 0.355 e. The van der Waals surface area contributed by atoms with Crippen LogP contribution in [0.2, 0.25) is 0 Å². The van der Waals surface area contributed by atoms with Gasteiger partial charge in [-0.25, -0.2) is 9.97 Å². The van der Waals surface area contributed by atoms with Crippen LogP contribution in [-0.4, -0.2) is 63.0 Å². The van der Waals surface area contributed by atoms with Crippen LogP contribution in [0.1, 0.15) is 12.8 Å². The fraction of sp³-hybridized carbons (Fsp3) is 0.588. The number of rotatable bonds is 2. The quantitative estimate of drug-likeness (QED) is 0.830. The molecule has 2 saturated heterocycles. The summed E-state index contributed by atoms with van der Waals surface area (Å²) in [4.78, 5) is 26.1. The van der Waals surface area contributed by atoms with Crippen molar-refractivity contribution in [1.82, 2.24) is 19.4 Å². The van der Waals surface area contributed by atoms with Gasteiger partial charge in [0.2, 0.25) is 5.91 Å². The number of hydrogen-bond acceptors (Lipinski definition) is 5. The summed E-state index contributed by atoms with van der Waals surface area (Å²) < 4.78 is 2.01. The average molecular weight is 345 g/mol. The van der Waals surface area contributed by atoms with E-state index >= 15 is 0 Å². The van der Waals surface area contributed by atoms with Gasteiger partial charge in [0.25, 0.3) is 0 Å². The van der Waals surface area contributed by atoms with Crippen LogP contribution in [-0.2, 0) is 11.8 Å². The molecule has 0 radical (unpaired) electrons. The third-order valence-corrected chi connectivity index (χ3v) is 5.98. The first-order chi connectivity index (χ1) is 11.7. The molecule has 1 unspecified atom stereocenters. The lowest BCUT2D eigenvalue weighted by Crippen LogP contribution is -2.47. The van der Waals surface area contributed by atoms with E-state index in [1.54, 1.807) is 6.33 Å². The Morgan fingerprint density at radius 1 is 1.25 bits per heavy atom. The molecule has 0 bridgehead atoms. The molecular formula is C17H23N5OS. The highest BCUT2D eigenvalue weighted by atomic mass is 32.2. The lowest BCUT2D eigenvalue weighted by atomic mass is 9.96. The zero-order chi connectivity index (χ0) is 16.5. The number of piperidine rings is 1. The maximum absolute atomic E-state index is 12.9. The first-order valence-corrected chi connectivity index (χ1v) is 9.77. The Morgan fingerprint density at radius 2 is 2.08 bits per heavy atom. The molecule has 0 N–H and O–H groups in total. The molecule has 1 atom stereocenters. The van der Waals surface area contributed by atoms with Crippen molar-refractivity contribution in [2.75, 3.05) is 42.6 Å². The van der Waals surface area contributed by atoms with Gasteiger partial charge in [-0.1, -0.05) is 0 Å². The van der Waals surface area contributed by atoms with Crippen LogP contribution < -0.4 is 4.90 Å². The van der Waals surface area contributed by atoms with Crippen LogP contribution in [0, 0.1) is 5.92 Å². The fourth-order valence-electron chi connectivity index (χ4n) is 3.73. The molecule has 24 heavy (non-hydrogen) atoms.